The number of aliphatic hydroxyl groups is 1. The standard InChI is InChI=1S/C20H22ClN3O3/c1-20(2,3)13-7-12(9-18(25)19(26)27-4)8-15(10-13)24-22-16-6-5-14(21)11-17(16)23-24/h5-8,10-11,18,25H,9H2,1-4H3. The smallest absolute Gasteiger partial charge is 0.335 e. The first-order valence-corrected chi connectivity index (χ1v) is 8.98. The summed E-state index contributed by atoms with van der Waals surface area (Å²) in [6.07, 6.45) is -1.07. The van der Waals surface area contributed by atoms with Crippen molar-refractivity contribution < 1.29 is 14.6 Å². The summed E-state index contributed by atoms with van der Waals surface area (Å²) in [5.41, 5.74) is 3.90. The van der Waals surface area contributed by atoms with Gasteiger partial charge >= 0.3 is 5.97 Å². The molecule has 0 saturated heterocycles. The molecule has 0 spiro atoms. The predicted molar refractivity (Wildman–Crippen MR) is 104 cm³/mol. The Morgan fingerprint density at radius 3 is 2.56 bits per heavy atom. The van der Waals surface area contributed by atoms with Crippen LogP contribution >= 0.6 is 11.6 Å². The minimum Gasteiger partial charge on any atom is -0.467 e. The van der Waals surface area contributed by atoms with Crippen LogP contribution in [0.3, 0.4) is 0 Å². The normalized spacial score (nSPS) is 13.0. The maximum atomic E-state index is 11.6. The number of esters is 1. The summed E-state index contributed by atoms with van der Waals surface area (Å²) in [5.74, 6) is -0.657. The van der Waals surface area contributed by atoms with E-state index in [1.54, 1.807) is 16.9 Å². The maximum Gasteiger partial charge on any atom is 0.335 e. The SMILES string of the molecule is COC(=O)C(O)Cc1cc(-n2nc3ccc(Cl)cc3n2)cc(C(C)(C)C)c1. The van der Waals surface area contributed by atoms with Crippen LogP contribution in [0.25, 0.3) is 16.7 Å². The molecule has 6 nitrogen and oxygen atoms in total. The first-order valence-electron chi connectivity index (χ1n) is 8.61. The topological polar surface area (TPSA) is 77.2 Å². The van der Waals surface area contributed by atoms with E-state index in [1.165, 1.54) is 7.11 Å². The molecule has 3 aromatic rings. The van der Waals surface area contributed by atoms with E-state index in [4.69, 9.17) is 11.6 Å². The summed E-state index contributed by atoms with van der Waals surface area (Å²) in [5, 5.41) is 19.7. The molecule has 1 atom stereocenters. The molecule has 3 rings (SSSR count). The number of ether oxygens (including phenoxy) is 1. The van der Waals surface area contributed by atoms with Crippen LogP contribution in [0.1, 0.15) is 31.9 Å². The zero-order valence-electron chi connectivity index (χ0n) is 15.7. The summed E-state index contributed by atoms with van der Waals surface area (Å²) in [4.78, 5) is 13.1. The lowest BCUT2D eigenvalue weighted by Crippen LogP contribution is -2.24. The highest BCUT2D eigenvalue weighted by atomic mass is 35.5. The van der Waals surface area contributed by atoms with Gasteiger partial charge in [0.25, 0.3) is 0 Å². The van der Waals surface area contributed by atoms with Gasteiger partial charge in [0.1, 0.15) is 11.0 Å². The van der Waals surface area contributed by atoms with Crippen LogP contribution < -0.4 is 0 Å². The van der Waals surface area contributed by atoms with E-state index in [0.29, 0.717) is 10.5 Å². The largest absolute Gasteiger partial charge is 0.467 e. The van der Waals surface area contributed by atoms with Gasteiger partial charge in [-0.25, -0.2) is 4.79 Å². The van der Waals surface area contributed by atoms with Crippen LogP contribution in [0.5, 0.6) is 0 Å². The number of aliphatic hydroxyl groups excluding tert-OH is 1. The average molecular weight is 388 g/mol. The van der Waals surface area contributed by atoms with Gasteiger partial charge in [0.15, 0.2) is 6.10 Å². The van der Waals surface area contributed by atoms with Crippen molar-refractivity contribution in [2.45, 2.75) is 38.7 Å². The van der Waals surface area contributed by atoms with Gasteiger partial charge in [0.2, 0.25) is 0 Å². The monoisotopic (exact) mass is 387 g/mol. The second kappa shape index (κ2) is 7.29. The van der Waals surface area contributed by atoms with E-state index in [-0.39, 0.29) is 11.8 Å². The lowest BCUT2D eigenvalue weighted by atomic mass is 9.85. The Morgan fingerprint density at radius 1 is 1.19 bits per heavy atom. The second-order valence-corrected chi connectivity index (χ2v) is 7.94. The van der Waals surface area contributed by atoms with Crippen molar-refractivity contribution in [1.82, 2.24) is 15.0 Å². The van der Waals surface area contributed by atoms with Crippen LogP contribution in [0.15, 0.2) is 36.4 Å². The number of rotatable bonds is 4. The van der Waals surface area contributed by atoms with Crippen molar-refractivity contribution in [2.75, 3.05) is 7.11 Å². The number of methoxy groups -OCH3 is 1. The lowest BCUT2D eigenvalue weighted by Gasteiger charge is -2.21. The molecular formula is C20H22ClN3O3. The third-order valence-corrected chi connectivity index (χ3v) is 4.55. The Bertz CT molecular complexity index is 992. The van der Waals surface area contributed by atoms with E-state index in [1.807, 2.05) is 24.3 Å². The molecule has 0 radical (unpaired) electrons. The molecule has 1 heterocycles. The van der Waals surface area contributed by atoms with Gasteiger partial charge < -0.3 is 9.84 Å². The van der Waals surface area contributed by atoms with Gasteiger partial charge in [-0.3, -0.25) is 0 Å². The number of hydrogen-bond acceptors (Lipinski definition) is 5. The molecule has 27 heavy (non-hydrogen) atoms. The second-order valence-electron chi connectivity index (χ2n) is 7.50. The van der Waals surface area contributed by atoms with Gasteiger partial charge in [-0.1, -0.05) is 38.4 Å². The Hall–Kier alpha value is -2.44. The van der Waals surface area contributed by atoms with Crippen LogP contribution in [0, 0.1) is 0 Å². The number of halogens is 1. The van der Waals surface area contributed by atoms with E-state index in [9.17, 15) is 9.90 Å². The Morgan fingerprint density at radius 2 is 1.89 bits per heavy atom. The molecule has 0 aliphatic carbocycles. The molecule has 2 aromatic carbocycles. The Labute approximate surface area is 162 Å². The molecule has 0 fully saturated rings. The zero-order valence-corrected chi connectivity index (χ0v) is 16.5. The summed E-state index contributed by atoms with van der Waals surface area (Å²) in [6.45, 7) is 6.29. The molecule has 1 unspecified atom stereocenters. The molecule has 0 saturated carbocycles. The van der Waals surface area contributed by atoms with Crippen LogP contribution in [-0.2, 0) is 21.4 Å². The van der Waals surface area contributed by atoms with Gasteiger partial charge in [-0.15, -0.1) is 10.2 Å². The molecule has 0 amide bonds. The molecule has 142 valence electrons. The van der Waals surface area contributed by atoms with Gasteiger partial charge in [-0.05, 0) is 46.9 Å². The fourth-order valence-corrected chi connectivity index (χ4v) is 2.95. The highest BCUT2D eigenvalue weighted by molar-refractivity contribution is 6.31. The van der Waals surface area contributed by atoms with E-state index in [2.05, 4.69) is 35.7 Å². The van der Waals surface area contributed by atoms with Gasteiger partial charge in [-0.2, -0.15) is 4.80 Å². The van der Waals surface area contributed by atoms with Crippen molar-refractivity contribution in [2.24, 2.45) is 0 Å². The summed E-state index contributed by atoms with van der Waals surface area (Å²) >= 11 is 6.04. The molecule has 0 aliphatic heterocycles. The predicted octanol–water partition coefficient (Wildman–Crippen LogP) is 3.45. The molecule has 7 heteroatoms. The highest BCUT2D eigenvalue weighted by Crippen LogP contribution is 2.27. The molecular weight excluding hydrogens is 366 g/mol. The third kappa shape index (κ3) is 4.28. The number of nitrogens with zero attached hydrogens (tertiary/aromatic N) is 3. The zero-order chi connectivity index (χ0) is 19.8. The minimum absolute atomic E-state index is 0.128. The van der Waals surface area contributed by atoms with Crippen LogP contribution in [0.4, 0.5) is 0 Å². The number of aromatic nitrogens is 3. The summed E-state index contributed by atoms with van der Waals surface area (Å²) < 4.78 is 4.62. The molecule has 1 N–H and O–H groups in total. The Kier molecular flexibility index (Phi) is 5.22. The van der Waals surface area contributed by atoms with Crippen molar-refractivity contribution in [1.29, 1.82) is 0 Å². The average Bonchev–Trinajstić information content (AvgIpc) is 3.03. The van der Waals surface area contributed by atoms with Crippen LogP contribution in [0.2, 0.25) is 5.02 Å². The summed E-state index contributed by atoms with van der Waals surface area (Å²) in [7, 11) is 1.26. The quantitative estimate of drug-likeness (QED) is 0.694. The first-order chi connectivity index (χ1) is 12.7. The number of fused-ring (bicyclic) bond motifs is 1. The first kappa shape index (κ1) is 19.3. The van der Waals surface area contributed by atoms with Crippen molar-refractivity contribution in [3.05, 3.63) is 52.5 Å². The van der Waals surface area contributed by atoms with Crippen LogP contribution in [-0.4, -0.2) is 39.3 Å². The lowest BCUT2D eigenvalue weighted by molar-refractivity contribution is -0.150. The van der Waals surface area contributed by atoms with E-state index in [0.717, 1.165) is 22.3 Å². The number of carbonyl (C=O) groups is 1. The fourth-order valence-electron chi connectivity index (χ4n) is 2.79. The van der Waals surface area contributed by atoms with E-state index >= 15 is 0 Å². The Balaban J connectivity index is 2.07. The van der Waals surface area contributed by atoms with Crippen molar-refractivity contribution in [3.63, 3.8) is 0 Å². The number of hydrogen-bond donors (Lipinski definition) is 1. The van der Waals surface area contributed by atoms with Crippen molar-refractivity contribution >= 4 is 28.6 Å². The van der Waals surface area contributed by atoms with Gasteiger partial charge in [0, 0.05) is 11.4 Å². The molecule has 0 bridgehead atoms. The molecule has 0 aliphatic rings. The van der Waals surface area contributed by atoms with E-state index < -0.39 is 12.1 Å². The molecule has 1 aromatic heterocycles. The van der Waals surface area contributed by atoms with Gasteiger partial charge in [0.05, 0.1) is 12.8 Å². The fraction of sp³-hybridized carbons (Fsp3) is 0.350. The number of benzene rings is 2. The highest BCUT2D eigenvalue weighted by Gasteiger charge is 2.20. The third-order valence-electron chi connectivity index (χ3n) is 4.32. The summed E-state index contributed by atoms with van der Waals surface area (Å²) in [6, 6.07) is 11.2. The minimum atomic E-state index is -1.22. The maximum absolute atomic E-state index is 11.6. The number of carbonyl (C=O) groups excluding carboxylic acids is 1. The van der Waals surface area contributed by atoms with Crippen molar-refractivity contribution in [3.8, 4) is 5.69 Å².